The van der Waals surface area contributed by atoms with Crippen LogP contribution in [0.1, 0.15) is 6.92 Å². The molecule has 0 aromatic carbocycles. The molecule has 0 heterocycles. The lowest BCUT2D eigenvalue weighted by molar-refractivity contribution is 1.47. The van der Waals surface area contributed by atoms with Crippen molar-refractivity contribution >= 4 is 55.9 Å². The summed E-state index contributed by atoms with van der Waals surface area (Å²) in [5.74, 6) is 0. The lowest BCUT2D eigenvalue weighted by atomic mass is 9.27. The van der Waals surface area contributed by atoms with E-state index < -0.39 is 0 Å². The van der Waals surface area contributed by atoms with Gasteiger partial charge < -0.3 is 0 Å². The van der Waals surface area contributed by atoms with Crippen LogP contribution >= 0.6 is 34.0 Å². The topological polar surface area (TPSA) is 0 Å². The SMILES string of the molecule is Br.Br.[B][B][B]CC. The van der Waals surface area contributed by atoms with Crippen LogP contribution < -0.4 is 0 Å². The minimum atomic E-state index is 0. The van der Waals surface area contributed by atoms with Gasteiger partial charge in [-0.15, -0.1) is 34.0 Å². The van der Waals surface area contributed by atoms with Gasteiger partial charge in [-0.05, 0) is 0 Å². The van der Waals surface area contributed by atoms with E-state index >= 15 is 0 Å². The van der Waals surface area contributed by atoms with Crippen LogP contribution in [0.25, 0.3) is 0 Å². The van der Waals surface area contributed by atoms with Gasteiger partial charge in [-0.2, -0.15) is 0 Å². The molecule has 0 amide bonds. The van der Waals surface area contributed by atoms with Gasteiger partial charge in [-0.25, -0.2) is 0 Å². The highest BCUT2D eigenvalue weighted by molar-refractivity contribution is 8.93. The second kappa shape index (κ2) is 15.7. The zero-order valence-corrected chi connectivity index (χ0v) is 7.68. The molecule has 0 bridgehead atoms. The van der Waals surface area contributed by atoms with Gasteiger partial charge in [0.1, 0.15) is 0 Å². The van der Waals surface area contributed by atoms with E-state index in [-0.39, 0.29) is 34.0 Å². The lowest BCUT2D eigenvalue weighted by Crippen LogP contribution is -1.98. The Bertz CT molecular complexity index is 18.4. The molecule has 0 nitrogen and oxygen atoms in total. The Morgan fingerprint density at radius 3 is 1.86 bits per heavy atom. The third-order valence-corrected chi connectivity index (χ3v) is 0.372. The first-order valence-corrected chi connectivity index (χ1v) is 1.78. The van der Waals surface area contributed by atoms with Gasteiger partial charge in [-0.1, -0.05) is 13.2 Å². The number of halogens is 2. The van der Waals surface area contributed by atoms with Gasteiger partial charge >= 0.3 is 0 Å². The second-order valence-electron chi connectivity index (χ2n) is 0.836. The second-order valence-corrected chi connectivity index (χ2v) is 0.836. The highest BCUT2D eigenvalue weighted by Gasteiger charge is 1.73. The van der Waals surface area contributed by atoms with Gasteiger partial charge in [0, 0.05) is 14.8 Å². The molecule has 4 radical (unpaired) electrons. The van der Waals surface area contributed by atoms with E-state index in [9.17, 15) is 0 Å². The van der Waals surface area contributed by atoms with Crippen LogP contribution in [0.15, 0.2) is 0 Å². The van der Waals surface area contributed by atoms with Gasteiger partial charge in [0.2, 0.25) is 0 Å². The maximum Gasteiger partial charge on any atom is 0.0541 e. The fourth-order valence-corrected chi connectivity index (χ4v) is 0.136. The smallest absolute Gasteiger partial charge is 0.0541 e. The molecule has 0 fully saturated rings. The molecule has 0 unspecified atom stereocenters. The van der Waals surface area contributed by atoms with Gasteiger partial charge in [-0.3, -0.25) is 0 Å². The Hall–Kier alpha value is 1.15. The molecule has 0 spiro atoms. The molecular weight excluding hydrogens is 216 g/mol. The van der Waals surface area contributed by atoms with E-state index in [2.05, 4.69) is 0 Å². The van der Waals surface area contributed by atoms with Crippen molar-refractivity contribution in [2.24, 2.45) is 0 Å². The summed E-state index contributed by atoms with van der Waals surface area (Å²) in [6.07, 6.45) is 1.04. The summed E-state index contributed by atoms with van der Waals surface area (Å²) in [6, 6.07) is 0. The molecule has 5 heteroatoms. The average Bonchev–Trinajstić information content (AvgIpc) is 1.41. The predicted octanol–water partition coefficient (Wildman–Crippen LogP) is 0.987. The molecule has 0 aromatic rings. The Balaban J connectivity index is -0.0000000800. The van der Waals surface area contributed by atoms with Crippen LogP contribution in [-0.4, -0.2) is 22.0 Å². The summed E-state index contributed by atoms with van der Waals surface area (Å²) in [7, 11) is 8.42. The largest absolute Gasteiger partial charge is 0.114 e. The van der Waals surface area contributed by atoms with E-state index in [4.69, 9.17) is 7.74 Å². The van der Waals surface area contributed by atoms with Gasteiger partial charge in [0.15, 0.2) is 0 Å². The van der Waals surface area contributed by atoms with E-state index in [1.165, 1.54) is 0 Å². The quantitative estimate of drug-likeness (QED) is 0.612. The van der Waals surface area contributed by atoms with E-state index in [1.807, 2.05) is 14.1 Å². The molecule has 0 aliphatic heterocycles. The summed E-state index contributed by atoms with van der Waals surface area (Å²) in [5.41, 5.74) is 0. The highest BCUT2D eigenvalue weighted by atomic mass is 79.9. The zero-order valence-electron chi connectivity index (χ0n) is 4.26. The Morgan fingerprint density at radius 2 is 1.86 bits per heavy atom. The summed E-state index contributed by atoms with van der Waals surface area (Å²) in [4.78, 5) is 0. The molecule has 0 aliphatic rings. The van der Waals surface area contributed by atoms with Crippen LogP contribution in [0.4, 0.5) is 0 Å². The van der Waals surface area contributed by atoms with E-state index in [0.717, 1.165) is 6.32 Å². The van der Waals surface area contributed by atoms with Crippen molar-refractivity contribution < 1.29 is 0 Å². The Kier molecular flexibility index (Phi) is 35.2. The van der Waals surface area contributed by atoms with Gasteiger partial charge in [0.25, 0.3) is 0 Å². The standard InChI is InChI=1S/C2H5B3.2BrH/c1-2-4-5-3;;/h2H2,1H3;2*1H. The first-order chi connectivity index (χ1) is 2.41. The molecule has 0 aromatic heterocycles. The van der Waals surface area contributed by atoms with Crippen LogP contribution in [0, 0.1) is 0 Å². The van der Waals surface area contributed by atoms with E-state index in [1.54, 1.807) is 7.06 Å². The Morgan fingerprint density at radius 1 is 1.43 bits per heavy atom. The van der Waals surface area contributed by atoms with Crippen molar-refractivity contribution in [3.63, 3.8) is 0 Å². The molecule has 0 aliphatic carbocycles. The molecular formula is C2H7B3Br2. The maximum absolute atomic E-state index is 4.96. The molecule has 0 N–H and O–H groups in total. The zero-order chi connectivity index (χ0) is 4.12. The summed E-state index contributed by atoms with van der Waals surface area (Å²) in [6.45, 7) is 2.04. The molecule has 0 rings (SSSR count). The fourth-order valence-electron chi connectivity index (χ4n) is 0.136. The van der Waals surface area contributed by atoms with Crippen LogP contribution in [0.2, 0.25) is 6.32 Å². The van der Waals surface area contributed by atoms with Crippen molar-refractivity contribution in [3.05, 3.63) is 0 Å². The number of hydrogen-bond donors (Lipinski definition) is 0. The van der Waals surface area contributed by atoms with Gasteiger partial charge in [0.05, 0.1) is 7.17 Å². The van der Waals surface area contributed by atoms with Crippen molar-refractivity contribution in [3.8, 4) is 0 Å². The molecule has 38 valence electrons. The third-order valence-electron chi connectivity index (χ3n) is 0.372. The van der Waals surface area contributed by atoms with Crippen molar-refractivity contribution in [1.82, 2.24) is 0 Å². The number of hydrogen-bond acceptors (Lipinski definition) is 0. The predicted molar refractivity (Wildman–Crippen MR) is 48.4 cm³/mol. The summed E-state index contributed by atoms with van der Waals surface area (Å²) in [5, 5.41) is 0. The fraction of sp³-hybridized carbons (Fsp3) is 1.00. The van der Waals surface area contributed by atoms with Crippen LogP contribution in [-0.2, 0) is 0 Å². The Labute approximate surface area is 69.2 Å². The molecule has 0 atom stereocenters. The minimum Gasteiger partial charge on any atom is -0.114 e. The molecule has 0 saturated heterocycles. The van der Waals surface area contributed by atoms with Crippen molar-refractivity contribution in [1.29, 1.82) is 0 Å². The summed E-state index contributed by atoms with van der Waals surface area (Å²) >= 11 is 0. The third kappa shape index (κ3) is 19.1. The van der Waals surface area contributed by atoms with Crippen LogP contribution in [0.3, 0.4) is 0 Å². The lowest BCUT2D eigenvalue weighted by Gasteiger charge is -1.74. The number of rotatable bonds is 2. The maximum atomic E-state index is 4.96. The first kappa shape index (κ1) is 15.7. The average molecular weight is 223 g/mol. The monoisotopic (exact) mass is 222 g/mol. The van der Waals surface area contributed by atoms with E-state index in [0.29, 0.717) is 0 Å². The minimum absolute atomic E-state index is 0. The van der Waals surface area contributed by atoms with Crippen LogP contribution in [0.5, 0.6) is 0 Å². The van der Waals surface area contributed by atoms with Crippen molar-refractivity contribution in [2.45, 2.75) is 13.2 Å². The normalized spacial score (nSPS) is 4.71. The molecule has 0 saturated carbocycles. The van der Waals surface area contributed by atoms with Crippen molar-refractivity contribution in [2.75, 3.05) is 0 Å². The summed E-state index contributed by atoms with van der Waals surface area (Å²) < 4.78 is 0. The molecule has 7 heavy (non-hydrogen) atoms. The first-order valence-electron chi connectivity index (χ1n) is 1.78. The highest BCUT2D eigenvalue weighted by Crippen LogP contribution is 1.63.